The Hall–Kier alpha value is -2.45. The number of ether oxygens (including phenoxy) is 1. The molecule has 32 heavy (non-hydrogen) atoms. The summed E-state index contributed by atoms with van der Waals surface area (Å²) in [5, 5.41) is 3.62. The van der Waals surface area contributed by atoms with Crippen LogP contribution in [0.2, 0.25) is 0 Å². The van der Waals surface area contributed by atoms with Gasteiger partial charge in [0.05, 0.1) is 24.6 Å². The number of nitrogens with zero attached hydrogens (tertiary/aromatic N) is 2. The summed E-state index contributed by atoms with van der Waals surface area (Å²) in [6.45, 7) is 6.32. The Morgan fingerprint density at radius 1 is 1.16 bits per heavy atom. The van der Waals surface area contributed by atoms with Crippen LogP contribution in [0.4, 0.5) is 4.39 Å². The molecule has 0 spiro atoms. The number of nitrogens with one attached hydrogen (secondary N) is 2. The summed E-state index contributed by atoms with van der Waals surface area (Å²) in [5.41, 5.74) is 2.00. The quantitative estimate of drug-likeness (QED) is 0.763. The van der Waals surface area contributed by atoms with E-state index >= 15 is 0 Å². The highest BCUT2D eigenvalue weighted by Crippen LogP contribution is 2.26. The van der Waals surface area contributed by atoms with E-state index < -0.39 is 0 Å². The third-order valence-corrected chi connectivity index (χ3v) is 7.30. The third kappa shape index (κ3) is 4.13. The van der Waals surface area contributed by atoms with Gasteiger partial charge in [-0.25, -0.2) is 4.39 Å². The maximum Gasteiger partial charge on any atom is 0.267 e. The minimum absolute atomic E-state index is 0.0534. The fraction of sp³-hybridized carbons (Fsp3) is 0.583. The van der Waals surface area contributed by atoms with E-state index in [0.717, 1.165) is 57.4 Å². The van der Waals surface area contributed by atoms with Gasteiger partial charge in [-0.15, -0.1) is 0 Å². The number of hydrogen-bond donors (Lipinski definition) is 2. The van der Waals surface area contributed by atoms with Gasteiger partial charge < -0.3 is 19.9 Å². The molecule has 2 amide bonds. The molecule has 0 bridgehead atoms. The highest BCUT2D eigenvalue weighted by atomic mass is 19.1. The van der Waals surface area contributed by atoms with Crippen molar-refractivity contribution in [3.05, 3.63) is 35.3 Å². The second-order valence-corrected chi connectivity index (χ2v) is 9.42. The second kappa shape index (κ2) is 8.83. The van der Waals surface area contributed by atoms with Gasteiger partial charge in [-0.1, -0.05) is 6.07 Å². The Labute approximate surface area is 187 Å². The van der Waals surface area contributed by atoms with E-state index in [1.807, 2.05) is 11.8 Å². The average Bonchev–Trinajstić information content (AvgIpc) is 3.23. The number of aromatic amines is 1. The average molecular weight is 443 g/mol. The lowest BCUT2D eigenvalue weighted by atomic mass is 9.89. The van der Waals surface area contributed by atoms with Gasteiger partial charge in [-0.2, -0.15) is 0 Å². The molecule has 1 aromatic carbocycles. The van der Waals surface area contributed by atoms with Crippen molar-refractivity contribution < 1.29 is 18.7 Å². The lowest BCUT2D eigenvalue weighted by molar-refractivity contribution is -0.152. The van der Waals surface area contributed by atoms with E-state index in [2.05, 4.69) is 15.2 Å². The first-order chi connectivity index (χ1) is 15.5. The molecule has 172 valence electrons. The molecule has 2 saturated heterocycles. The number of aryl methyl sites for hydroxylation is 1. The number of fused-ring (bicyclic) bond motifs is 1. The van der Waals surface area contributed by atoms with Crippen molar-refractivity contribution in [1.82, 2.24) is 20.1 Å². The van der Waals surface area contributed by atoms with E-state index in [4.69, 9.17) is 4.74 Å². The summed E-state index contributed by atoms with van der Waals surface area (Å²) in [5.74, 6) is -0.211. The number of halogens is 1. The van der Waals surface area contributed by atoms with E-state index in [9.17, 15) is 14.0 Å². The molecule has 2 N–H and O–H groups in total. The zero-order valence-corrected chi connectivity index (χ0v) is 18.5. The highest BCUT2D eigenvalue weighted by molar-refractivity contribution is 5.99. The fourth-order valence-electron chi connectivity index (χ4n) is 5.28. The number of hydrogen-bond acceptors (Lipinski definition) is 4. The smallest absolute Gasteiger partial charge is 0.267 e. The molecule has 1 aliphatic carbocycles. The Kier molecular flexibility index (Phi) is 5.90. The third-order valence-electron chi connectivity index (χ3n) is 7.30. The largest absolute Gasteiger partial charge is 0.380 e. The molecule has 3 aliphatic rings. The lowest BCUT2D eigenvalue weighted by Gasteiger charge is -2.43. The van der Waals surface area contributed by atoms with Crippen molar-refractivity contribution in [2.24, 2.45) is 5.92 Å². The second-order valence-electron chi connectivity index (χ2n) is 9.42. The molecular formula is C24H31FN4O3. The van der Waals surface area contributed by atoms with Gasteiger partial charge >= 0.3 is 0 Å². The van der Waals surface area contributed by atoms with Crippen molar-refractivity contribution in [3.63, 3.8) is 0 Å². The molecule has 0 unspecified atom stereocenters. The highest BCUT2D eigenvalue weighted by Gasteiger charge is 2.35. The molecule has 8 heteroatoms. The van der Waals surface area contributed by atoms with Gasteiger partial charge in [0.2, 0.25) is 5.91 Å². The zero-order chi connectivity index (χ0) is 22.2. The van der Waals surface area contributed by atoms with Gasteiger partial charge in [0.25, 0.3) is 5.91 Å². The van der Waals surface area contributed by atoms with Gasteiger partial charge in [0, 0.05) is 43.6 Å². The molecule has 2 aliphatic heterocycles. The van der Waals surface area contributed by atoms with E-state index in [0.29, 0.717) is 35.9 Å². The zero-order valence-electron chi connectivity index (χ0n) is 18.5. The van der Waals surface area contributed by atoms with Crippen LogP contribution in [0.1, 0.15) is 41.7 Å². The lowest BCUT2D eigenvalue weighted by Crippen LogP contribution is -2.56. The Balaban J connectivity index is 1.17. The normalized spacial score (nSPS) is 25.0. The molecule has 0 radical (unpaired) electrons. The monoisotopic (exact) mass is 442 g/mol. The Bertz CT molecular complexity index is 971. The Morgan fingerprint density at radius 3 is 2.62 bits per heavy atom. The predicted octanol–water partition coefficient (Wildman–Crippen LogP) is 2.45. The van der Waals surface area contributed by atoms with Crippen LogP contribution in [-0.4, -0.2) is 78.1 Å². The van der Waals surface area contributed by atoms with Crippen molar-refractivity contribution in [2.75, 3.05) is 39.4 Å². The standard InChI is InChI=1S/C24H31FN4O3/c1-15-5-6-20(25)19-12-21(27-22(15)19)23(30)26-17-3-2-4-18(11-17)28-7-9-29(10-8-28)24(31)16-13-32-14-16/h5-6,12,16-18,27H,2-4,7-11,13-14H2,1H3,(H,26,30)/t17-,18-/m1/s1. The first-order valence-corrected chi connectivity index (χ1v) is 11.7. The van der Waals surface area contributed by atoms with Crippen LogP contribution in [0.5, 0.6) is 0 Å². The maximum absolute atomic E-state index is 14.1. The molecule has 1 aromatic heterocycles. The first-order valence-electron chi connectivity index (χ1n) is 11.7. The van der Waals surface area contributed by atoms with Gasteiger partial charge in [0.1, 0.15) is 11.5 Å². The number of rotatable bonds is 4. The number of carbonyl (C=O) groups excluding carboxylic acids is 2. The minimum Gasteiger partial charge on any atom is -0.380 e. The van der Waals surface area contributed by atoms with Crippen LogP contribution in [0.25, 0.3) is 10.9 Å². The summed E-state index contributed by atoms with van der Waals surface area (Å²) in [6.07, 6.45) is 4.04. The number of amides is 2. The number of aromatic nitrogens is 1. The van der Waals surface area contributed by atoms with Crippen molar-refractivity contribution >= 4 is 22.7 Å². The van der Waals surface area contributed by atoms with E-state index in [1.165, 1.54) is 6.07 Å². The van der Waals surface area contributed by atoms with Crippen LogP contribution < -0.4 is 5.32 Å². The van der Waals surface area contributed by atoms with Crippen LogP contribution in [-0.2, 0) is 9.53 Å². The van der Waals surface area contributed by atoms with E-state index in [-0.39, 0.29) is 29.6 Å². The molecule has 3 heterocycles. The minimum atomic E-state index is -0.318. The van der Waals surface area contributed by atoms with Crippen molar-refractivity contribution in [1.29, 1.82) is 0 Å². The van der Waals surface area contributed by atoms with Gasteiger partial charge in [-0.3, -0.25) is 14.5 Å². The number of piperazine rings is 1. The molecule has 2 aromatic rings. The SMILES string of the molecule is Cc1ccc(F)c2cc(C(=O)N[C@@H]3CCC[C@@H](N4CCN(C(=O)C5COC5)CC4)C3)[nH]c12. The fourth-order valence-corrected chi connectivity index (χ4v) is 5.28. The topological polar surface area (TPSA) is 77.7 Å². The predicted molar refractivity (Wildman–Crippen MR) is 119 cm³/mol. The summed E-state index contributed by atoms with van der Waals surface area (Å²) in [6, 6.07) is 5.28. The summed E-state index contributed by atoms with van der Waals surface area (Å²) in [7, 11) is 0. The number of carbonyl (C=O) groups is 2. The number of benzene rings is 1. The summed E-state index contributed by atoms with van der Waals surface area (Å²) in [4.78, 5) is 32.8. The van der Waals surface area contributed by atoms with Gasteiger partial charge in [-0.05, 0) is 50.3 Å². The van der Waals surface area contributed by atoms with Crippen LogP contribution in [0.15, 0.2) is 18.2 Å². The van der Waals surface area contributed by atoms with Crippen molar-refractivity contribution in [3.8, 4) is 0 Å². The summed E-state index contributed by atoms with van der Waals surface area (Å²) < 4.78 is 19.3. The van der Waals surface area contributed by atoms with E-state index in [1.54, 1.807) is 12.1 Å². The molecular weight excluding hydrogens is 411 g/mol. The van der Waals surface area contributed by atoms with Crippen LogP contribution in [0, 0.1) is 18.7 Å². The molecule has 2 atom stereocenters. The molecule has 5 rings (SSSR count). The van der Waals surface area contributed by atoms with Crippen LogP contribution in [0.3, 0.4) is 0 Å². The molecule has 3 fully saturated rings. The molecule has 7 nitrogen and oxygen atoms in total. The van der Waals surface area contributed by atoms with Gasteiger partial charge in [0.15, 0.2) is 0 Å². The summed E-state index contributed by atoms with van der Waals surface area (Å²) >= 11 is 0. The van der Waals surface area contributed by atoms with Crippen LogP contribution >= 0.6 is 0 Å². The van der Waals surface area contributed by atoms with Crippen molar-refractivity contribution in [2.45, 2.75) is 44.7 Å². The molecule has 1 saturated carbocycles. The first kappa shape index (κ1) is 21.4. The maximum atomic E-state index is 14.1. The number of H-pyrrole nitrogens is 1. The Morgan fingerprint density at radius 2 is 1.94 bits per heavy atom.